The Bertz CT molecular complexity index is 1380. The van der Waals surface area contributed by atoms with Crippen LogP contribution in [0.15, 0.2) is 0 Å². The number of aliphatic hydroxyl groups is 4. The van der Waals surface area contributed by atoms with Crippen molar-refractivity contribution >= 4 is 53.2 Å². The first-order valence-corrected chi connectivity index (χ1v) is 17.1. The average molecular weight is 776 g/mol. The molecule has 1 fully saturated rings. The van der Waals surface area contributed by atoms with Gasteiger partial charge in [-0.2, -0.15) is 0 Å². The Morgan fingerprint density at radius 2 is 1.19 bits per heavy atom. The van der Waals surface area contributed by atoms with E-state index in [4.69, 9.17) is 11.5 Å². The molecule has 1 heterocycles. The molecule has 0 radical (unpaired) electrons. The van der Waals surface area contributed by atoms with Crippen molar-refractivity contribution in [2.24, 2.45) is 17.4 Å². The van der Waals surface area contributed by atoms with Crippen LogP contribution in [0.25, 0.3) is 0 Å². The van der Waals surface area contributed by atoms with Gasteiger partial charge in [-0.05, 0) is 39.0 Å². The van der Waals surface area contributed by atoms with Gasteiger partial charge in [0.2, 0.25) is 47.3 Å². The number of nitrogens with one attached hydrogen (secondary N) is 6. The number of hydrogen-bond donors (Lipinski definition) is 13. The zero-order valence-corrected chi connectivity index (χ0v) is 30.4. The zero-order chi connectivity index (χ0) is 41.4. The van der Waals surface area contributed by atoms with Crippen molar-refractivity contribution in [2.75, 3.05) is 26.3 Å². The maximum atomic E-state index is 13.7. The highest BCUT2D eigenvalue weighted by molar-refractivity contribution is 5.99. The van der Waals surface area contributed by atoms with E-state index >= 15 is 0 Å². The molecular weight excluding hydrogens is 722 g/mol. The van der Waals surface area contributed by atoms with E-state index in [0.29, 0.717) is 0 Å². The van der Waals surface area contributed by atoms with E-state index in [2.05, 4.69) is 31.9 Å². The fraction of sp³-hybridized carbons (Fsp3) is 0.710. The number of nitrogens with zero attached hydrogens (tertiary/aromatic N) is 1. The van der Waals surface area contributed by atoms with Gasteiger partial charge in [-0.3, -0.25) is 38.4 Å². The highest BCUT2D eigenvalue weighted by Gasteiger charge is 2.41. The first-order chi connectivity index (χ1) is 25.2. The maximum absolute atomic E-state index is 13.7. The van der Waals surface area contributed by atoms with E-state index in [-0.39, 0.29) is 31.7 Å². The van der Waals surface area contributed by atoms with Gasteiger partial charge in [0.1, 0.15) is 42.3 Å². The summed E-state index contributed by atoms with van der Waals surface area (Å²) in [7, 11) is 0. The number of aliphatic carboxylic acids is 1. The van der Waals surface area contributed by atoms with E-state index in [0.717, 1.165) is 18.7 Å². The van der Waals surface area contributed by atoms with Crippen molar-refractivity contribution < 1.29 is 68.7 Å². The lowest BCUT2D eigenvalue weighted by molar-refractivity contribution is -0.144. The largest absolute Gasteiger partial charge is 0.480 e. The van der Waals surface area contributed by atoms with Crippen LogP contribution < -0.4 is 43.4 Å². The molecule has 23 nitrogen and oxygen atoms in total. The monoisotopic (exact) mass is 775 g/mol. The first kappa shape index (κ1) is 47.1. The molecule has 0 unspecified atom stereocenters. The lowest BCUT2D eigenvalue weighted by Crippen LogP contribution is -2.63. The second-order valence-corrected chi connectivity index (χ2v) is 13.2. The van der Waals surface area contributed by atoms with Crippen molar-refractivity contribution in [1.82, 2.24) is 36.8 Å². The number of primary amides is 1. The first-order valence-electron chi connectivity index (χ1n) is 17.1. The van der Waals surface area contributed by atoms with Crippen LogP contribution in [0.4, 0.5) is 0 Å². The summed E-state index contributed by atoms with van der Waals surface area (Å²) >= 11 is 0. The molecule has 0 saturated carbocycles. The molecule has 23 heteroatoms. The predicted octanol–water partition coefficient (Wildman–Crippen LogP) is -7.40. The molecule has 0 spiro atoms. The second-order valence-electron chi connectivity index (χ2n) is 13.2. The Morgan fingerprint density at radius 1 is 0.704 bits per heavy atom. The van der Waals surface area contributed by atoms with E-state index in [1.165, 1.54) is 0 Å². The number of carbonyl (C=O) groups excluding carboxylic acids is 8. The molecule has 0 aromatic heterocycles. The number of carbonyl (C=O) groups is 9. The number of carboxylic acid groups (broad SMARTS) is 1. The van der Waals surface area contributed by atoms with Crippen LogP contribution in [0, 0.1) is 5.92 Å². The average Bonchev–Trinajstić information content (AvgIpc) is 3.58. The Hall–Kier alpha value is -4.97. The van der Waals surface area contributed by atoms with Crippen LogP contribution >= 0.6 is 0 Å². The third-order valence-electron chi connectivity index (χ3n) is 8.14. The topological polar surface area (TPSA) is 382 Å². The smallest absolute Gasteiger partial charge is 0.326 e. The van der Waals surface area contributed by atoms with Gasteiger partial charge < -0.3 is 73.8 Å². The minimum Gasteiger partial charge on any atom is -0.480 e. The fourth-order valence-corrected chi connectivity index (χ4v) is 5.35. The van der Waals surface area contributed by atoms with Gasteiger partial charge in [-0.25, -0.2) is 4.79 Å². The summed E-state index contributed by atoms with van der Waals surface area (Å²) in [5, 5.41) is 62.4. The molecule has 0 bridgehead atoms. The molecule has 0 aromatic rings. The molecule has 8 amide bonds. The minimum atomic E-state index is -1.88. The van der Waals surface area contributed by atoms with E-state index in [1.807, 2.05) is 0 Å². The normalized spacial score (nSPS) is 18.4. The molecule has 54 heavy (non-hydrogen) atoms. The molecule has 9 atom stereocenters. The molecule has 306 valence electrons. The molecule has 1 aliphatic heterocycles. The van der Waals surface area contributed by atoms with Gasteiger partial charge in [0.05, 0.1) is 38.4 Å². The summed E-state index contributed by atoms with van der Waals surface area (Å²) in [5.74, 6) is -9.82. The van der Waals surface area contributed by atoms with Crippen molar-refractivity contribution in [3.63, 3.8) is 0 Å². The van der Waals surface area contributed by atoms with Gasteiger partial charge in [-0.15, -0.1) is 0 Å². The van der Waals surface area contributed by atoms with Crippen LogP contribution in [0.2, 0.25) is 0 Å². The van der Waals surface area contributed by atoms with Gasteiger partial charge in [0, 0.05) is 6.54 Å². The fourth-order valence-electron chi connectivity index (χ4n) is 5.35. The van der Waals surface area contributed by atoms with E-state index < -0.39 is 134 Å². The standard InChI is InChI=1S/C31H53N9O14/c1-13(2)8-17(31(53)54)36-25(47)19(12-42)37-27(49)20-6-5-7-40(20)30(52)16(9-21(33)45)35-28(50)23(14(3)43)39-29(51)24(15(4)44)38-26(48)18(11-41)34-22(46)10-32/h13-20,23-24,41-44H,5-12,32H2,1-4H3,(H2,33,45)(H,34,46)(H,35,50)(H,36,47)(H,37,49)(H,38,48)(H,39,51)(H,53,54)/t14-,15-,16+,17+,18+,19+,20+,23+,24+/m1/s1. The third-order valence-corrected chi connectivity index (χ3v) is 8.14. The predicted molar refractivity (Wildman–Crippen MR) is 184 cm³/mol. The quantitative estimate of drug-likeness (QED) is 0.0486. The number of carboxylic acids is 1. The molecule has 0 aromatic carbocycles. The Kier molecular flexibility index (Phi) is 19.4. The van der Waals surface area contributed by atoms with E-state index in [1.54, 1.807) is 13.8 Å². The lowest BCUT2D eigenvalue weighted by atomic mass is 10.0. The second kappa shape index (κ2) is 22.3. The minimum absolute atomic E-state index is 0.0472. The lowest BCUT2D eigenvalue weighted by Gasteiger charge is -2.31. The summed E-state index contributed by atoms with van der Waals surface area (Å²) < 4.78 is 0. The van der Waals surface area contributed by atoms with Crippen molar-refractivity contribution in [1.29, 1.82) is 0 Å². The van der Waals surface area contributed by atoms with Crippen molar-refractivity contribution in [2.45, 2.75) is 108 Å². The molecule has 15 N–H and O–H groups in total. The summed E-state index contributed by atoms with van der Waals surface area (Å²) in [4.78, 5) is 115. The van der Waals surface area contributed by atoms with Crippen LogP contribution in [0.1, 0.15) is 53.4 Å². The summed E-state index contributed by atoms with van der Waals surface area (Å²) in [6.07, 6.45) is -3.78. The summed E-state index contributed by atoms with van der Waals surface area (Å²) in [5.41, 5.74) is 10.5. The van der Waals surface area contributed by atoms with Gasteiger partial charge in [-0.1, -0.05) is 13.8 Å². The number of hydrogen-bond acceptors (Lipinski definition) is 14. The van der Waals surface area contributed by atoms with Crippen molar-refractivity contribution in [3.8, 4) is 0 Å². The van der Waals surface area contributed by atoms with Gasteiger partial charge in [0.25, 0.3) is 0 Å². The number of rotatable bonds is 22. The molecular formula is C31H53N9O14. The van der Waals surface area contributed by atoms with Crippen molar-refractivity contribution in [3.05, 3.63) is 0 Å². The zero-order valence-electron chi connectivity index (χ0n) is 30.4. The number of amides is 8. The number of nitrogens with two attached hydrogens (primary N) is 2. The van der Waals surface area contributed by atoms with E-state index in [9.17, 15) is 68.7 Å². The molecule has 1 aliphatic rings. The summed E-state index contributed by atoms with van der Waals surface area (Å²) in [6.45, 7) is 3.19. The van der Waals surface area contributed by atoms with Crippen LogP contribution in [0.3, 0.4) is 0 Å². The maximum Gasteiger partial charge on any atom is 0.326 e. The summed E-state index contributed by atoms with van der Waals surface area (Å²) in [6, 6.07) is -11.2. The third kappa shape index (κ3) is 14.5. The van der Waals surface area contributed by atoms with Crippen LogP contribution in [-0.2, 0) is 43.2 Å². The highest BCUT2D eigenvalue weighted by atomic mass is 16.4. The van der Waals surface area contributed by atoms with Crippen LogP contribution in [0.5, 0.6) is 0 Å². The Labute approximate surface area is 310 Å². The Balaban J connectivity index is 3.18. The SMILES string of the molecule is CC(C)C[C@H](NC(=O)[C@H](CO)NC(=O)[C@@H]1CCCN1C(=O)[C@H](CC(N)=O)NC(=O)[C@@H](NC(=O)[C@@H](NC(=O)[C@H](CO)NC(=O)CN)[C@@H](C)O)[C@@H](C)O)C(=O)O. The van der Waals surface area contributed by atoms with Gasteiger partial charge in [0.15, 0.2) is 0 Å². The Morgan fingerprint density at radius 3 is 1.65 bits per heavy atom. The molecule has 1 saturated heterocycles. The number of aliphatic hydroxyl groups excluding tert-OH is 4. The molecule has 1 rings (SSSR count). The number of likely N-dealkylation sites (tertiary alicyclic amines) is 1. The highest BCUT2D eigenvalue weighted by Crippen LogP contribution is 2.20. The molecule has 0 aliphatic carbocycles. The van der Waals surface area contributed by atoms with Gasteiger partial charge >= 0.3 is 5.97 Å². The van der Waals surface area contributed by atoms with Crippen LogP contribution in [-0.4, -0.2) is 164 Å².